The van der Waals surface area contributed by atoms with Crippen molar-refractivity contribution in [3.63, 3.8) is 0 Å². The van der Waals surface area contributed by atoms with Gasteiger partial charge in [0, 0.05) is 17.3 Å². The Hall–Kier alpha value is -1.61. The first-order valence-electron chi connectivity index (χ1n) is 6.13. The molecule has 0 saturated carbocycles. The van der Waals surface area contributed by atoms with Gasteiger partial charge in [-0.05, 0) is 12.1 Å². The molecule has 1 heterocycles. The molecule has 0 fully saturated rings. The molecule has 0 radical (unpaired) electrons. The smallest absolute Gasteiger partial charge is 0.217 e. The number of rotatable bonds is 3. The Morgan fingerprint density at radius 3 is 2.38 bits per heavy atom. The molecule has 2 N–H and O–H groups in total. The number of aromatic hydroxyl groups is 1. The Morgan fingerprint density at radius 2 is 1.90 bits per heavy atom. The normalized spacial score (nSPS) is 12.0. The summed E-state index contributed by atoms with van der Waals surface area (Å²) in [6.45, 7) is 0.900. The van der Waals surface area contributed by atoms with Crippen LogP contribution in [0.5, 0.6) is 5.75 Å². The first-order valence-corrected chi connectivity index (χ1v) is 7.46. The number of H-pyrrole nitrogens is 1. The zero-order valence-corrected chi connectivity index (χ0v) is 13.3. The van der Waals surface area contributed by atoms with Crippen molar-refractivity contribution in [1.82, 2.24) is 4.98 Å². The van der Waals surface area contributed by atoms with Gasteiger partial charge in [-0.3, -0.25) is 4.18 Å². The van der Waals surface area contributed by atoms with Crippen LogP contribution < -0.4 is 0 Å². The van der Waals surface area contributed by atoms with E-state index in [2.05, 4.69) is 30.3 Å². The highest BCUT2D eigenvalue weighted by molar-refractivity contribution is 7.80. The number of phenols is 1. The predicted molar refractivity (Wildman–Crippen MR) is 78.4 cm³/mol. The van der Waals surface area contributed by atoms with E-state index in [4.69, 9.17) is 0 Å². The minimum atomic E-state index is -4.41. The van der Waals surface area contributed by atoms with Gasteiger partial charge >= 0.3 is 0 Å². The summed E-state index contributed by atoms with van der Waals surface area (Å²) < 4.78 is 31.9. The minimum Gasteiger partial charge on any atom is -0.726 e. The first-order chi connectivity index (χ1) is 9.53. The molecule has 8 heteroatoms. The largest absolute Gasteiger partial charge is 0.726 e. The molecule has 0 saturated heterocycles. The number of nitrogens with one attached hydrogen (secondary N) is 1. The summed E-state index contributed by atoms with van der Waals surface area (Å²) in [5, 5.41) is 10.8. The van der Waals surface area contributed by atoms with Crippen LogP contribution in [-0.4, -0.2) is 55.8 Å². The summed E-state index contributed by atoms with van der Waals surface area (Å²) in [6, 6.07) is 5.56. The average Bonchev–Trinajstić information content (AvgIpc) is 2.71. The highest BCUT2D eigenvalue weighted by Crippen LogP contribution is 2.28. The van der Waals surface area contributed by atoms with Gasteiger partial charge in [-0.2, -0.15) is 0 Å². The van der Waals surface area contributed by atoms with E-state index in [0.29, 0.717) is 5.75 Å². The molecule has 1 aromatic carbocycles. The van der Waals surface area contributed by atoms with Gasteiger partial charge in [-0.1, -0.05) is 6.07 Å². The quantitative estimate of drug-likeness (QED) is 0.503. The van der Waals surface area contributed by atoms with Crippen LogP contribution in [0.15, 0.2) is 24.4 Å². The maximum Gasteiger partial charge on any atom is 0.217 e. The fourth-order valence-electron chi connectivity index (χ4n) is 1.87. The van der Waals surface area contributed by atoms with Gasteiger partial charge in [-0.15, -0.1) is 0 Å². The maximum atomic E-state index is 9.81. The zero-order valence-electron chi connectivity index (χ0n) is 12.5. The lowest BCUT2D eigenvalue weighted by Gasteiger charge is -2.23. The second-order valence-corrected chi connectivity index (χ2v) is 6.69. The molecule has 0 atom stereocenters. The van der Waals surface area contributed by atoms with Crippen LogP contribution >= 0.6 is 0 Å². The molecule has 0 aliphatic carbocycles. The Bertz CT molecular complexity index is 701. The number of aromatic amines is 1. The lowest BCUT2D eigenvalue weighted by atomic mass is 10.1. The molecule has 21 heavy (non-hydrogen) atoms. The Morgan fingerprint density at radius 1 is 1.33 bits per heavy atom. The Balaban J connectivity index is 0.000000315. The summed E-state index contributed by atoms with van der Waals surface area (Å²) in [6.07, 6.45) is 1.98. The highest BCUT2D eigenvalue weighted by Gasteiger charge is 2.14. The van der Waals surface area contributed by atoms with Crippen LogP contribution in [0.2, 0.25) is 0 Å². The van der Waals surface area contributed by atoms with E-state index in [1.165, 1.54) is 0 Å². The van der Waals surface area contributed by atoms with Crippen LogP contribution in [0.25, 0.3) is 10.9 Å². The van der Waals surface area contributed by atoms with Crippen molar-refractivity contribution >= 4 is 21.3 Å². The number of hydrogen-bond acceptors (Lipinski definition) is 5. The van der Waals surface area contributed by atoms with Gasteiger partial charge in [0.2, 0.25) is 10.4 Å². The number of nitrogens with zero attached hydrogens (tertiary/aromatic N) is 1. The fourth-order valence-corrected chi connectivity index (χ4v) is 1.87. The third-order valence-corrected chi connectivity index (χ3v) is 3.02. The minimum absolute atomic E-state index is 0.359. The van der Waals surface area contributed by atoms with Gasteiger partial charge in [0.25, 0.3) is 0 Å². The Labute approximate surface area is 124 Å². The Kier molecular flexibility index (Phi) is 5.35. The van der Waals surface area contributed by atoms with Gasteiger partial charge in [0.15, 0.2) is 0 Å². The number of quaternary nitrogens is 1. The van der Waals surface area contributed by atoms with Crippen LogP contribution in [-0.2, 0) is 21.1 Å². The molecule has 0 aliphatic heterocycles. The molecule has 0 spiro atoms. The molecular weight excluding hydrogens is 296 g/mol. The molecule has 0 bridgehead atoms. The number of hydrogen-bond donors (Lipinski definition) is 2. The second kappa shape index (κ2) is 6.44. The SMILES string of the molecule is COS(=O)(=O)[O-].C[N+](C)(C)Cc1c[nH]c2cccc(O)c12. The summed E-state index contributed by atoms with van der Waals surface area (Å²) in [5.74, 6) is 0.359. The van der Waals surface area contributed by atoms with E-state index in [9.17, 15) is 18.1 Å². The number of phenolic OH excluding ortho intramolecular Hbond substituents is 1. The average molecular weight is 316 g/mol. The first kappa shape index (κ1) is 17.4. The molecule has 0 unspecified atom stereocenters. The van der Waals surface area contributed by atoms with Gasteiger partial charge in [-0.25, -0.2) is 8.42 Å². The molecule has 7 nitrogen and oxygen atoms in total. The predicted octanol–water partition coefficient (Wildman–Crippen LogP) is 1.17. The van der Waals surface area contributed by atoms with Gasteiger partial charge in [0.1, 0.15) is 12.3 Å². The van der Waals surface area contributed by atoms with E-state index in [1.54, 1.807) is 6.07 Å². The van der Waals surface area contributed by atoms with Gasteiger partial charge in [0.05, 0.1) is 33.6 Å². The topological polar surface area (TPSA) is 102 Å². The molecule has 0 aliphatic rings. The molecule has 2 rings (SSSR count). The standard InChI is InChI=1S/C12H16N2O.CH4O4S/c1-14(2,3)8-9-7-13-10-5-4-6-11(15)12(9)10;1-5-6(2,3)4/h4-7,13H,8H2,1-3H3;1H3,(H,2,3,4). The lowest BCUT2D eigenvalue weighted by molar-refractivity contribution is -0.883. The van der Waals surface area contributed by atoms with Crippen LogP contribution in [0.1, 0.15) is 5.56 Å². The maximum absolute atomic E-state index is 9.81. The van der Waals surface area contributed by atoms with Crippen molar-refractivity contribution in [3.8, 4) is 5.75 Å². The van der Waals surface area contributed by atoms with E-state index in [0.717, 1.165) is 34.6 Å². The van der Waals surface area contributed by atoms with Crippen molar-refractivity contribution in [2.24, 2.45) is 0 Å². The number of benzene rings is 1. The summed E-state index contributed by atoms with van der Waals surface area (Å²) in [7, 11) is 2.81. The summed E-state index contributed by atoms with van der Waals surface area (Å²) >= 11 is 0. The molecule has 118 valence electrons. The highest BCUT2D eigenvalue weighted by atomic mass is 32.3. The summed E-state index contributed by atoms with van der Waals surface area (Å²) in [5.41, 5.74) is 2.16. The van der Waals surface area contributed by atoms with Gasteiger partial charge < -0.3 is 19.1 Å². The molecular formula is C13H20N2O5S. The third kappa shape index (κ3) is 5.72. The zero-order chi connectivity index (χ0) is 16.3. The lowest BCUT2D eigenvalue weighted by Crippen LogP contribution is -2.33. The molecule has 1 aromatic heterocycles. The molecule has 0 amide bonds. The van der Waals surface area contributed by atoms with Crippen molar-refractivity contribution in [1.29, 1.82) is 0 Å². The number of fused-ring (bicyclic) bond motifs is 1. The van der Waals surface area contributed by atoms with Crippen molar-refractivity contribution in [3.05, 3.63) is 30.0 Å². The van der Waals surface area contributed by atoms with Crippen LogP contribution in [0.4, 0.5) is 0 Å². The van der Waals surface area contributed by atoms with Crippen molar-refractivity contribution < 1.29 is 26.7 Å². The van der Waals surface area contributed by atoms with Crippen molar-refractivity contribution in [2.45, 2.75) is 6.54 Å². The monoisotopic (exact) mass is 316 g/mol. The third-order valence-electron chi connectivity index (χ3n) is 2.61. The fraction of sp³-hybridized carbons (Fsp3) is 0.385. The van der Waals surface area contributed by atoms with Crippen LogP contribution in [0, 0.1) is 0 Å². The molecule has 2 aromatic rings. The number of aromatic nitrogens is 1. The second-order valence-electron chi connectivity index (χ2n) is 5.54. The summed E-state index contributed by atoms with van der Waals surface area (Å²) in [4.78, 5) is 3.18. The van der Waals surface area contributed by atoms with E-state index < -0.39 is 10.4 Å². The van der Waals surface area contributed by atoms with Crippen molar-refractivity contribution in [2.75, 3.05) is 28.3 Å². The van der Waals surface area contributed by atoms with E-state index in [1.807, 2.05) is 18.3 Å². The van der Waals surface area contributed by atoms with E-state index in [-0.39, 0.29) is 0 Å². The van der Waals surface area contributed by atoms with E-state index >= 15 is 0 Å². The van der Waals surface area contributed by atoms with Crippen LogP contribution in [0.3, 0.4) is 0 Å².